The van der Waals surface area contributed by atoms with Crippen molar-refractivity contribution in [1.82, 2.24) is 4.98 Å². The average Bonchev–Trinajstić information content (AvgIpc) is 2.69. The zero-order chi connectivity index (χ0) is 18.8. The number of pyridine rings is 1. The molecular weight excluding hydrogens is 340 g/mol. The third-order valence-corrected chi connectivity index (χ3v) is 4.76. The third-order valence-electron chi connectivity index (χ3n) is 4.76. The number of Topliss-reactive ketones (excluding diaryl/α,β-unsaturated/α-hetero) is 1. The molecule has 0 radical (unpaired) electrons. The molecule has 0 unspecified atom stereocenters. The monoisotopic (exact) mass is 358 g/mol. The molecule has 1 heterocycles. The van der Waals surface area contributed by atoms with Crippen molar-refractivity contribution in [3.05, 3.63) is 87.8 Å². The number of nitrogens with one attached hydrogen (secondary N) is 2. The summed E-state index contributed by atoms with van der Waals surface area (Å²) in [6, 6.07) is 18.5. The number of hydrogen-bond acceptors (Lipinski definition) is 3. The second kappa shape index (κ2) is 7.03. The van der Waals surface area contributed by atoms with Gasteiger partial charge in [0.1, 0.15) is 5.56 Å². The molecule has 1 aromatic heterocycles. The quantitative estimate of drug-likeness (QED) is 0.747. The van der Waals surface area contributed by atoms with E-state index in [0.29, 0.717) is 29.8 Å². The Morgan fingerprint density at radius 1 is 0.889 bits per heavy atom. The highest BCUT2D eigenvalue weighted by atomic mass is 16.2. The van der Waals surface area contributed by atoms with Crippen molar-refractivity contribution in [3.8, 4) is 11.1 Å². The van der Waals surface area contributed by atoms with E-state index in [1.165, 1.54) is 6.07 Å². The maximum atomic E-state index is 12.8. The standard InChI is InChI=1S/C22H18N2O3/c25-20-12-6-11-19-16(20)13-17(22(27)24-19)21(26)23-18-10-5-4-9-15(18)14-7-2-1-3-8-14/h1-5,7-10,13H,6,11-12H2,(H,23,26)(H,24,27). The van der Waals surface area contributed by atoms with Gasteiger partial charge in [-0.25, -0.2) is 0 Å². The molecule has 2 N–H and O–H groups in total. The Morgan fingerprint density at radius 3 is 2.44 bits per heavy atom. The summed E-state index contributed by atoms with van der Waals surface area (Å²) in [5.74, 6) is -0.563. The Labute approximate surface area is 156 Å². The van der Waals surface area contributed by atoms with Gasteiger partial charge in [0.2, 0.25) is 0 Å². The third kappa shape index (κ3) is 3.31. The lowest BCUT2D eigenvalue weighted by molar-refractivity contribution is 0.0971. The molecule has 0 fully saturated rings. The maximum absolute atomic E-state index is 12.8. The van der Waals surface area contributed by atoms with Crippen molar-refractivity contribution in [2.24, 2.45) is 0 Å². The topological polar surface area (TPSA) is 79.0 Å². The summed E-state index contributed by atoms with van der Waals surface area (Å²) in [5.41, 5.74) is 2.97. The highest BCUT2D eigenvalue weighted by Crippen LogP contribution is 2.28. The molecule has 4 rings (SSSR count). The first kappa shape index (κ1) is 17.0. The Balaban J connectivity index is 1.69. The van der Waals surface area contributed by atoms with Crippen molar-refractivity contribution >= 4 is 17.4 Å². The maximum Gasteiger partial charge on any atom is 0.261 e. The van der Waals surface area contributed by atoms with Gasteiger partial charge in [-0.3, -0.25) is 14.4 Å². The smallest absolute Gasteiger partial charge is 0.261 e. The molecule has 1 amide bonds. The Kier molecular flexibility index (Phi) is 4.42. The lowest BCUT2D eigenvalue weighted by Crippen LogP contribution is -2.27. The Hall–Kier alpha value is -3.47. The first-order chi connectivity index (χ1) is 13.1. The number of ketones is 1. The lowest BCUT2D eigenvalue weighted by Gasteiger charge is -2.15. The van der Waals surface area contributed by atoms with Crippen LogP contribution in [0.5, 0.6) is 0 Å². The van der Waals surface area contributed by atoms with E-state index in [1.54, 1.807) is 6.07 Å². The van der Waals surface area contributed by atoms with E-state index < -0.39 is 11.5 Å². The van der Waals surface area contributed by atoms with Gasteiger partial charge in [-0.05, 0) is 30.5 Å². The SMILES string of the molecule is O=C1CCCc2[nH]c(=O)c(C(=O)Nc3ccccc3-c3ccccc3)cc21. The highest BCUT2D eigenvalue weighted by molar-refractivity contribution is 6.08. The number of aryl methyl sites for hydroxylation is 1. The molecule has 27 heavy (non-hydrogen) atoms. The van der Waals surface area contributed by atoms with E-state index >= 15 is 0 Å². The lowest BCUT2D eigenvalue weighted by atomic mass is 9.93. The van der Waals surface area contributed by atoms with E-state index in [9.17, 15) is 14.4 Å². The van der Waals surface area contributed by atoms with E-state index in [2.05, 4.69) is 10.3 Å². The summed E-state index contributed by atoms with van der Waals surface area (Å²) in [5, 5.41) is 2.82. The summed E-state index contributed by atoms with van der Waals surface area (Å²) in [6.45, 7) is 0. The zero-order valence-electron chi connectivity index (χ0n) is 14.6. The van der Waals surface area contributed by atoms with Crippen LogP contribution in [0.25, 0.3) is 11.1 Å². The number of amides is 1. The van der Waals surface area contributed by atoms with Crippen LogP contribution in [0.15, 0.2) is 65.5 Å². The van der Waals surface area contributed by atoms with Crippen LogP contribution in [0, 0.1) is 0 Å². The number of aromatic nitrogens is 1. The van der Waals surface area contributed by atoms with Crippen LogP contribution in [0.3, 0.4) is 0 Å². The van der Waals surface area contributed by atoms with E-state index in [0.717, 1.165) is 17.5 Å². The number of hydrogen-bond donors (Lipinski definition) is 2. The van der Waals surface area contributed by atoms with Crippen molar-refractivity contribution in [2.75, 3.05) is 5.32 Å². The fourth-order valence-electron chi connectivity index (χ4n) is 3.39. The number of aromatic amines is 1. The second-order valence-corrected chi connectivity index (χ2v) is 6.55. The number of para-hydroxylation sites is 1. The number of H-pyrrole nitrogens is 1. The fraction of sp³-hybridized carbons (Fsp3) is 0.136. The summed E-state index contributed by atoms with van der Waals surface area (Å²) in [7, 11) is 0. The van der Waals surface area contributed by atoms with Crippen molar-refractivity contribution in [1.29, 1.82) is 0 Å². The van der Waals surface area contributed by atoms with Crippen LogP contribution in [0.4, 0.5) is 5.69 Å². The van der Waals surface area contributed by atoms with E-state index in [1.807, 2.05) is 48.5 Å². The molecule has 0 saturated heterocycles. The minimum Gasteiger partial charge on any atom is -0.325 e. The second-order valence-electron chi connectivity index (χ2n) is 6.55. The Morgan fingerprint density at radius 2 is 1.63 bits per heavy atom. The summed E-state index contributed by atoms with van der Waals surface area (Å²) >= 11 is 0. The predicted octanol–water partition coefficient (Wildman–Crippen LogP) is 3.81. The number of anilines is 1. The summed E-state index contributed by atoms with van der Waals surface area (Å²) < 4.78 is 0. The fourth-order valence-corrected chi connectivity index (χ4v) is 3.39. The molecule has 0 atom stereocenters. The minimum absolute atomic E-state index is 0.0359. The molecule has 1 aliphatic carbocycles. The van der Waals surface area contributed by atoms with Gasteiger partial charge in [0.15, 0.2) is 5.78 Å². The number of fused-ring (bicyclic) bond motifs is 1. The average molecular weight is 358 g/mol. The minimum atomic E-state index is -0.527. The van der Waals surface area contributed by atoms with E-state index in [4.69, 9.17) is 0 Å². The van der Waals surface area contributed by atoms with Crippen LogP contribution >= 0.6 is 0 Å². The molecular formula is C22H18N2O3. The van der Waals surface area contributed by atoms with Crippen LogP contribution in [-0.2, 0) is 6.42 Å². The normalized spacial score (nSPS) is 13.1. The molecule has 3 aromatic rings. The molecule has 0 saturated carbocycles. The molecule has 0 spiro atoms. The number of benzene rings is 2. The van der Waals surface area contributed by atoms with Gasteiger partial charge in [-0.1, -0.05) is 48.5 Å². The van der Waals surface area contributed by atoms with Crippen molar-refractivity contribution in [2.45, 2.75) is 19.3 Å². The largest absolute Gasteiger partial charge is 0.325 e. The van der Waals surface area contributed by atoms with E-state index in [-0.39, 0.29) is 11.3 Å². The van der Waals surface area contributed by atoms with Crippen LogP contribution < -0.4 is 10.9 Å². The molecule has 5 nitrogen and oxygen atoms in total. The number of carbonyl (C=O) groups excluding carboxylic acids is 2. The zero-order valence-corrected chi connectivity index (χ0v) is 14.6. The molecule has 2 aromatic carbocycles. The predicted molar refractivity (Wildman–Crippen MR) is 104 cm³/mol. The molecule has 134 valence electrons. The van der Waals surface area contributed by atoms with Gasteiger partial charge in [0.25, 0.3) is 11.5 Å². The number of carbonyl (C=O) groups is 2. The molecule has 1 aliphatic rings. The van der Waals surface area contributed by atoms with Crippen LogP contribution in [-0.4, -0.2) is 16.7 Å². The van der Waals surface area contributed by atoms with Gasteiger partial charge in [0.05, 0.1) is 0 Å². The van der Waals surface area contributed by atoms with Crippen LogP contribution in [0.2, 0.25) is 0 Å². The van der Waals surface area contributed by atoms with Gasteiger partial charge in [-0.2, -0.15) is 0 Å². The molecule has 5 heteroatoms. The molecule has 0 bridgehead atoms. The molecule has 0 aliphatic heterocycles. The van der Waals surface area contributed by atoms with Gasteiger partial charge in [0, 0.05) is 28.9 Å². The first-order valence-corrected chi connectivity index (χ1v) is 8.88. The van der Waals surface area contributed by atoms with Crippen molar-refractivity contribution in [3.63, 3.8) is 0 Å². The first-order valence-electron chi connectivity index (χ1n) is 8.88. The summed E-state index contributed by atoms with van der Waals surface area (Å²) in [6.07, 6.45) is 1.81. The van der Waals surface area contributed by atoms with Crippen molar-refractivity contribution < 1.29 is 9.59 Å². The Bertz CT molecular complexity index is 1080. The van der Waals surface area contributed by atoms with Gasteiger partial charge >= 0.3 is 0 Å². The summed E-state index contributed by atoms with van der Waals surface area (Å²) in [4.78, 5) is 39.9. The van der Waals surface area contributed by atoms with Gasteiger partial charge in [-0.15, -0.1) is 0 Å². The van der Waals surface area contributed by atoms with Gasteiger partial charge < -0.3 is 10.3 Å². The van der Waals surface area contributed by atoms with Crippen LogP contribution in [0.1, 0.15) is 39.3 Å². The number of rotatable bonds is 3. The highest BCUT2D eigenvalue weighted by Gasteiger charge is 2.22.